The average Bonchev–Trinajstić information content (AvgIpc) is 2.35. The third-order valence-electron chi connectivity index (χ3n) is 3.16. The topological polar surface area (TPSA) is 45.2 Å². The second-order valence-electron chi connectivity index (χ2n) is 5.51. The number of hydrogen-bond donors (Lipinski definition) is 2. The first-order valence-corrected chi connectivity index (χ1v) is 6.84. The van der Waals surface area contributed by atoms with Crippen LogP contribution in [0.2, 0.25) is 0 Å². The number of aliphatic hydroxyl groups excluding tert-OH is 1. The monoisotopic (exact) mass is 258 g/mol. The maximum Gasteiger partial charge on any atom is 0.129 e. The third kappa shape index (κ3) is 3.67. The van der Waals surface area contributed by atoms with Crippen molar-refractivity contribution in [2.24, 2.45) is 5.92 Å². The zero-order valence-corrected chi connectivity index (χ0v) is 11.9. The van der Waals surface area contributed by atoms with Crippen molar-refractivity contribution in [3.05, 3.63) is 35.9 Å². The van der Waals surface area contributed by atoms with E-state index in [1.54, 1.807) is 0 Å². The molecule has 2 aromatic rings. The van der Waals surface area contributed by atoms with Gasteiger partial charge < -0.3 is 10.4 Å². The molecule has 0 radical (unpaired) electrons. The van der Waals surface area contributed by atoms with Gasteiger partial charge in [-0.25, -0.2) is 4.98 Å². The molecule has 0 saturated carbocycles. The Bertz CT molecular complexity index is 551. The minimum Gasteiger partial charge on any atom is -0.391 e. The predicted octanol–water partition coefficient (Wildman–Crippen LogP) is 3.36. The quantitative estimate of drug-likeness (QED) is 0.864. The molecule has 3 nitrogen and oxygen atoms in total. The number of benzene rings is 1. The smallest absolute Gasteiger partial charge is 0.129 e. The van der Waals surface area contributed by atoms with E-state index < -0.39 is 0 Å². The maximum atomic E-state index is 9.89. The maximum absolute atomic E-state index is 9.89. The van der Waals surface area contributed by atoms with E-state index in [2.05, 4.69) is 36.3 Å². The highest BCUT2D eigenvalue weighted by atomic mass is 16.3. The minimum absolute atomic E-state index is 0.326. The van der Waals surface area contributed by atoms with E-state index in [9.17, 15) is 5.11 Å². The zero-order chi connectivity index (χ0) is 13.8. The van der Waals surface area contributed by atoms with Gasteiger partial charge >= 0.3 is 0 Å². The summed E-state index contributed by atoms with van der Waals surface area (Å²) in [7, 11) is 0. The summed E-state index contributed by atoms with van der Waals surface area (Å²) >= 11 is 0. The molecular weight excluding hydrogens is 236 g/mol. The molecule has 0 bridgehead atoms. The lowest BCUT2D eigenvalue weighted by Gasteiger charge is -2.15. The number of nitrogens with zero attached hydrogens (tertiary/aromatic N) is 1. The summed E-state index contributed by atoms with van der Waals surface area (Å²) in [6.45, 7) is 6.81. The summed E-state index contributed by atoms with van der Waals surface area (Å²) in [5.74, 6) is 1.36. The van der Waals surface area contributed by atoms with Gasteiger partial charge in [0.05, 0.1) is 11.6 Å². The van der Waals surface area contributed by atoms with E-state index in [0.29, 0.717) is 12.5 Å². The first-order valence-electron chi connectivity index (χ1n) is 6.84. The molecule has 1 atom stereocenters. The SMILES string of the molecule is Cc1cc2ccccc2nc1NCC(O)CC(C)C. The largest absolute Gasteiger partial charge is 0.391 e. The molecule has 0 spiro atoms. The molecule has 2 N–H and O–H groups in total. The van der Waals surface area contributed by atoms with E-state index in [-0.39, 0.29) is 6.10 Å². The van der Waals surface area contributed by atoms with E-state index in [4.69, 9.17) is 0 Å². The number of nitrogens with one attached hydrogen (secondary N) is 1. The molecule has 102 valence electrons. The Kier molecular flexibility index (Phi) is 4.38. The van der Waals surface area contributed by atoms with Crippen LogP contribution in [0.15, 0.2) is 30.3 Å². The Balaban J connectivity index is 2.10. The van der Waals surface area contributed by atoms with Crippen molar-refractivity contribution in [3.8, 4) is 0 Å². The molecule has 3 heteroatoms. The van der Waals surface area contributed by atoms with Gasteiger partial charge in [-0.1, -0.05) is 32.0 Å². The summed E-state index contributed by atoms with van der Waals surface area (Å²) in [5, 5.41) is 14.3. The first-order chi connectivity index (χ1) is 9.06. The van der Waals surface area contributed by atoms with Crippen LogP contribution >= 0.6 is 0 Å². The molecule has 1 aromatic carbocycles. The lowest BCUT2D eigenvalue weighted by Crippen LogP contribution is -2.22. The highest BCUT2D eigenvalue weighted by Crippen LogP contribution is 2.19. The van der Waals surface area contributed by atoms with Crippen molar-refractivity contribution < 1.29 is 5.11 Å². The van der Waals surface area contributed by atoms with Gasteiger partial charge in [0.1, 0.15) is 5.82 Å². The van der Waals surface area contributed by atoms with Gasteiger partial charge in [0.2, 0.25) is 0 Å². The molecule has 0 aliphatic heterocycles. The van der Waals surface area contributed by atoms with Crippen molar-refractivity contribution >= 4 is 16.7 Å². The summed E-state index contributed by atoms with van der Waals surface area (Å²) in [5.41, 5.74) is 2.09. The van der Waals surface area contributed by atoms with Crippen molar-refractivity contribution in [3.63, 3.8) is 0 Å². The molecule has 0 aliphatic rings. The summed E-state index contributed by atoms with van der Waals surface area (Å²) < 4.78 is 0. The standard InChI is InChI=1S/C16H22N2O/c1-11(2)8-14(19)10-17-16-12(3)9-13-6-4-5-7-15(13)18-16/h4-7,9,11,14,19H,8,10H2,1-3H3,(H,17,18). The Morgan fingerprint density at radius 3 is 2.74 bits per heavy atom. The van der Waals surface area contributed by atoms with Crippen LogP contribution in [0.5, 0.6) is 0 Å². The fraction of sp³-hybridized carbons (Fsp3) is 0.438. The van der Waals surface area contributed by atoms with Crippen LogP contribution in [0.1, 0.15) is 25.8 Å². The highest BCUT2D eigenvalue weighted by molar-refractivity contribution is 5.81. The Hall–Kier alpha value is -1.61. The summed E-state index contributed by atoms with van der Waals surface area (Å²) in [4.78, 5) is 4.60. The number of hydrogen-bond acceptors (Lipinski definition) is 3. The van der Waals surface area contributed by atoms with Crippen LogP contribution in [0, 0.1) is 12.8 Å². The molecule has 0 amide bonds. The zero-order valence-electron chi connectivity index (χ0n) is 11.9. The molecule has 19 heavy (non-hydrogen) atoms. The van der Waals surface area contributed by atoms with E-state index in [1.165, 1.54) is 0 Å². The second-order valence-corrected chi connectivity index (χ2v) is 5.51. The molecule has 0 fully saturated rings. The summed E-state index contributed by atoms with van der Waals surface area (Å²) in [6, 6.07) is 10.2. The van der Waals surface area contributed by atoms with Crippen LogP contribution in [-0.4, -0.2) is 22.7 Å². The third-order valence-corrected chi connectivity index (χ3v) is 3.16. The van der Waals surface area contributed by atoms with Gasteiger partial charge in [-0.15, -0.1) is 0 Å². The second kappa shape index (κ2) is 6.02. The fourth-order valence-electron chi connectivity index (χ4n) is 2.24. The Morgan fingerprint density at radius 1 is 1.26 bits per heavy atom. The van der Waals surface area contributed by atoms with Gasteiger partial charge in [0.25, 0.3) is 0 Å². The summed E-state index contributed by atoms with van der Waals surface area (Å²) in [6.07, 6.45) is 0.479. The molecular formula is C16H22N2O. The molecule has 0 aliphatic carbocycles. The normalized spacial score (nSPS) is 12.9. The van der Waals surface area contributed by atoms with Crippen LogP contribution in [0.3, 0.4) is 0 Å². The number of para-hydroxylation sites is 1. The van der Waals surface area contributed by atoms with Crippen molar-refractivity contribution in [2.45, 2.75) is 33.3 Å². The van der Waals surface area contributed by atoms with Gasteiger partial charge in [-0.2, -0.15) is 0 Å². The van der Waals surface area contributed by atoms with Gasteiger partial charge in [0, 0.05) is 11.9 Å². The molecule has 1 aromatic heterocycles. The van der Waals surface area contributed by atoms with Crippen molar-refractivity contribution in [1.82, 2.24) is 4.98 Å². The Labute approximate surface area is 114 Å². The van der Waals surface area contributed by atoms with Gasteiger partial charge in [-0.05, 0) is 37.0 Å². The molecule has 1 unspecified atom stereocenters. The number of pyridine rings is 1. The van der Waals surface area contributed by atoms with Crippen LogP contribution < -0.4 is 5.32 Å². The molecule has 2 rings (SSSR count). The number of aryl methyl sites for hydroxylation is 1. The van der Waals surface area contributed by atoms with Gasteiger partial charge in [0.15, 0.2) is 0 Å². The van der Waals surface area contributed by atoms with Gasteiger partial charge in [-0.3, -0.25) is 0 Å². The van der Waals surface area contributed by atoms with Crippen LogP contribution in [0.25, 0.3) is 10.9 Å². The van der Waals surface area contributed by atoms with Crippen molar-refractivity contribution in [1.29, 1.82) is 0 Å². The van der Waals surface area contributed by atoms with E-state index >= 15 is 0 Å². The lowest BCUT2D eigenvalue weighted by atomic mass is 10.1. The van der Waals surface area contributed by atoms with E-state index in [1.807, 2.05) is 25.1 Å². The Morgan fingerprint density at radius 2 is 2.00 bits per heavy atom. The number of anilines is 1. The number of rotatable bonds is 5. The number of fused-ring (bicyclic) bond motifs is 1. The lowest BCUT2D eigenvalue weighted by molar-refractivity contribution is 0.161. The van der Waals surface area contributed by atoms with Crippen LogP contribution in [0.4, 0.5) is 5.82 Å². The number of aromatic nitrogens is 1. The number of aliphatic hydroxyl groups is 1. The predicted molar refractivity (Wildman–Crippen MR) is 80.4 cm³/mol. The minimum atomic E-state index is -0.326. The fourth-order valence-corrected chi connectivity index (χ4v) is 2.24. The van der Waals surface area contributed by atoms with Crippen LogP contribution in [-0.2, 0) is 0 Å². The van der Waals surface area contributed by atoms with Crippen molar-refractivity contribution in [2.75, 3.05) is 11.9 Å². The first kappa shape index (κ1) is 13.8. The van der Waals surface area contributed by atoms with E-state index in [0.717, 1.165) is 28.7 Å². The molecule has 0 saturated heterocycles. The molecule has 1 heterocycles. The highest BCUT2D eigenvalue weighted by Gasteiger charge is 2.08. The average molecular weight is 258 g/mol.